The lowest BCUT2D eigenvalue weighted by atomic mass is 9.93. The largest absolute Gasteiger partial charge is 0.494 e. The molecule has 0 aliphatic heterocycles. The standard InChI is InChI=1S/C33H36N4O5/c1-21(2)29(30(39)28-22(3)31(40)36-32(28)41)35-27(38)19-26(24-15-9-5-10-16-24)34-33(42)37(25-17-11-6-12-18-25)20-23-13-7-4-8-14-23/h4-18,21,26,29,36,40-41H,19-20H2,1-3H3,(H,34,42)(H,35,38)/t26?,29-/m0/s1. The van der Waals surface area contributed by atoms with Crippen molar-refractivity contribution in [2.45, 2.75) is 45.8 Å². The quantitative estimate of drug-likeness (QED) is 0.150. The molecule has 0 fully saturated rings. The Labute approximate surface area is 245 Å². The van der Waals surface area contributed by atoms with Crippen molar-refractivity contribution < 1.29 is 24.6 Å². The summed E-state index contributed by atoms with van der Waals surface area (Å²) in [5.41, 5.74) is 2.50. The first-order valence-electron chi connectivity index (χ1n) is 13.8. The van der Waals surface area contributed by atoms with E-state index in [2.05, 4.69) is 15.6 Å². The molecule has 0 saturated heterocycles. The van der Waals surface area contributed by atoms with E-state index >= 15 is 0 Å². The average Bonchev–Trinajstić information content (AvgIpc) is 3.25. The Morgan fingerprint density at radius 2 is 1.38 bits per heavy atom. The van der Waals surface area contributed by atoms with Gasteiger partial charge in [-0.3, -0.25) is 19.5 Å². The fraction of sp³-hybridized carbons (Fsp3) is 0.242. The predicted octanol–water partition coefficient (Wildman–Crippen LogP) is 5.61. The molecule has 3 aromatic carbocycles. The number of aromatic hydroxyl groups is 2. The molecule has 0 aliphatic carbocycles. The molecule has 42 heavy (non-hydrogen) atoms. The summed E-state index contributed by atoms with van der Waals surface area (Å²) in [7, 11) is 0. The number of Topliss-reactive ketones (excluding diaryl/α,β-unsaturated/α-hetero) is 1. The van der Waals surface area contributed by atoms with E-state index in [4.69, 9.17) is 0 Å². The molecular weight excluding hydrogens is 532 g/mol. The van der Waals surface area contributed by atoms with Gasteiger partial charge in [-0.25, -0.2) is 4.79 Å². The number of amides is 3. The Balaban J connectivity index is 1.57. The molecule has 1 heterocycles. The minimum Gasteiger partial charge on any atom is -0.494 e. The van der Waals surface area contributed by atoms with E-state index in [0.717, 1.165) is 11.1 Å². The van der Waals surface area contributed by atoms with E-state index in [0.29, 0.717) is 12.2 Å². The van der Waals surface area contributed by atoms with Crippen molar-refractivity contribution in [2.24, 2.45) is 5.92 Å². The third-order valence-electron chi connectivity index (χ3n) is 7.10. The van der Waals surface area contributed by atoms with Crippen molar-refractivity contribution in [3.8, 4) is 11.8 Å². The van der Waals surface area contributed by atoms with Crippen LogP contribution in [0.25, 0.3) is 0 Å². The van der Waals surface area contributed by atoms with Gasteiger partial charge >= 0.3 is 6.03 Å². The van der Waals surface area contributed by atoms with E-state index in [1.807, 2.05) is 91.0 Å². The van der Waals surface area contributed by atoms with Crippen LogP contribution in [0.4, 0.5) is 10.5 Å². The number of rotatable bonds is 11. The first-order valence-corrected chi connectivity index (χ1v) is 13.8. The van der Waals surface area contributed by atoms with Crippen molar-refractivity contribution >= 4 is 23.4 Å². The van der Waals surface area contributed by atoms with Crippen LogP contribution in [0.1, 0.15) is 53.4 Å². The van der Waals surface area contributed by atoms with Crippen LogP contribution in [0.2, 0.25) is 0 Å². The van der Waals surface area contributed by atoms with Crippen LogP contribution in [-0.2, 0) is 11.3 Å². The first kappa shape index (κ1) is 29.9. The van der Waals surface area contributed by atoms with Gasteiger partial charge in [-0.05, 0) is 36.1 Å². The number of nitrogens with one attached hydrogen (secondary N) is 3. The number of ketones is 1. The molecule has 4 rings (SSSR count). The fourth-order valence-corrected chi connectivity index (χ4v) is 4.79. The van der Waals surface area contributed by atoms with Crippen LogP contribution in [0, 0.1) is 12.8 Å². The number of nitrogens with zero attached hydrogens (tertiary/aromatic N) is 1. The average molecular weight is 569 g/mol. The van der Waals surface area contributed by atoms with Crippen LogP contribution in [0.15, 0.2) is 91.0 Å². The van der Waals surface area contributed by atoms with Gasteiger partial charge in [-0.15, -0.1) is 0 Å². The van der Waals surface area contributed by atoms with Gasteiger partial charge in [0.2, 0.25) is 11.8 Å². The molecule has 0 spiro atoms. The lowest BCUT2D eigenvalue weighted by Gasteiger charge is -2.28. The van der Waals surface area contributed by atoms with Crippen molar-refractivity contribution in [1.82, 2.24) is 15.6 Å². The summed E-state index contributed by atoms with van der Waals surface area (Å²) in [5, 5.41) is 25.9. The molecule has 1 unspecified atom stereocenters. The highest BCUT2D eigenvalue weighted by atomic mass is 16.3. The molecule has 4 aromatic rings. The smallest absolute Gasteiger partial charge is 0.322 e. The number of hydrogen-bond acceptors (Lipinski definition) is 5. The van der Waals surface area contributed by atoms with Gasteiger partial charge in [-0.2, -0.15) is 0 Å². The number of hydrogen-bond donors (Lipinski definition) is 5. The van der Waals surface area contributed by atoms with Crippen molar-refractivity contribution in [1.29, 1.82) is 0 Å². The normalized spacial score (nSPS) is 12.4. The third-order valence-corrected chi connectivity index (χ3v) is 7.10. The molecule has 218 valence electrons. The highest BCUT2D eigenvalue weighted by Gasteiger charge is 2.32. The predicted molar refractivity (Wildman–Crippen MR) is 161 cm³/mol. The summed E-state index contributed by atoms with van der Waals surface area (Å²) in [6, 6.07) is 26.0. The molecule has 1 aromatic heterocycles. The molecule has 0 radical (unpaired) electrons. The summed E-state index contributed by atoms with van der Waals surface area (Å²) >= 11 is 0. The minimum absolute atomic E-state index is 0.0705. The Morgan fingerprint density at radius 3 is 1.93 bits per heavy atom. The Hall–Kier alpha value is -5.05. The van der Waals surface area contributed by atoms with Gasteiger partial charge in [-0.1, -0.05) is 92.7 Å². The summed E-state index contributed by atoms with van der Waals surface area (Å²) in [4.78, 5) is 44.5. The monoisotopic (exact) mass is 568 g/mol. The molecule has 3 amide bonds. The van der Waals surface area contributed by atoms with E-state index in [1.54, 1.807) is 18.7 Å². The maximum absolute atomic E-state index is 13.8. The van der Waals surface area contributed by atoms with Gasteiger partial charge in [0, 0.05) is 11.3 Å². The van der Waals surface area contributed by atoms with Crippen LogP contribution >= 0.6 is 0 Å². The van der Waals surface area contributed by atoms with Crippen LogP contribution in [-0.4, -0.2) is 39.0 Å². The zero-order valence-electron chi connectivity index (χ0n) is 23.9. The summed E-state index contributed by atoms with van der Waals surface area (Å²) in [6.07, 6.45) is -0.135. The lowest BCUT2D eigenvalue weighted by Crippen LogP contribution is -2.47. The maximum Gasteiger partial charge on any atom is 0.322 e. The fourth-order valence-electron chi connectivity index (χ4n) is 4.79. The topological polar surface area (TPSA) is 135 Å². The molecule has 0 saturated carbocycles. The first-order chi connectivity index (χ1) is 20.2. The summed E-state index contributed by atoms with van der Waals surface area (Å²) in [5.74, 6) is -2.06. The molecule has 0 bridgehead atoms. The number of carbonyl (C=O) groups is 3. The minimum atomic E-state index is -0.969. The maximum atomic E-state index is 13.8. The zero-order valence-corrected chi connectivity index (χ0v) is 23.9. The van der Waals surface area contributed by atoms with Crippen molar-refractivity contribution in [3.05, 3.63) is 113 Å². The van der Waals surface area contributed by atoms with Crippen molar-refractivity contribution in [2.75, 3.05) is 4.90 Å². The molecular formula is C33H36N4O5. The Morgan fingerprint density at radius 1 is 0.810 bits per heavy atom. The Bertz CT molecular complexity index is 1500. The van der Waals surface area contributed by atoms with E-state index < -0.39 is 29.7 Å². The lowest BCUT2D eigenvalue weighted by molar-refractivity contribution is -0.122. The number of carbonyl (C=O) groups excluding carboxylic acids is 3. The number of aromatic amines is 1. The second-order valence-electron chi connectivity index (χ2n) is 10.5. The van der Waals surface area contributed by atoms with Crippen LogP contribution < -0.4 is 15.5 Å². The highest BCUT2D eigenvalue weighted by Crippen LogP contribution is 2.30. The number of urea groups is 1. The second kappa shape index (κ2) is 13.5. The van der Waals surface area contributed by atoms with Crippen LogP contribution in [0.3, 0.4) is 0 Å². The van der Waals surface area contributed by atoms with E-state index in [9.17, 15) is 24.6 Å². The van der Waals surface area contributed by atoms with Gasteiger partial charge in [0.05, 0.1) is 30.6 Å². The summed E-state index contributed by atoms with van der Waals surface area (Å²) < 4.78 is 0. The highest BCUT2D eigenvalue weighted by molar-refractivity contribution is 6.05. The number of anilines is 1. The number of H-pyrrole nitrogens is 1. The molecule has 0 aliphatic rings. The van der Waals surface area contributed by atoms with Gasteiger partial charge in [0.1, 0.15) is 0 Å². The SMILES string of the molecule is Cc1c(O)[nH]c(O)c1C(=O)[C@@H](NC(=O)CC(NC(=O)N(Cc1ccccc1)c1ccccc1)c1ccccc1)C(C)C. The number of aromatic nitrogens is 1. The molecule has 2 atom stereocenters. The molecule has 9 nitrogen and oxygen atoms in total. The van der Waals surface area contributed by atoms with Gasteiger partial charge in [0.15, 0.2) is 11.7 Å². The van der Waals surface area contributed by atoms with Gasteiger partial charge < -0.3 is 20.8 Å². The van der Waals surface area contributed by atoms with Crippen molar-refractivity contribution in [3.63, 3.8) is 0 Å². The molecule has 5 N–H and O–H groups in total. The third kappa shape index (κ3) is 7.17. The molecule has 9 heteroatoms. The zero-order chi connectivity index (χ0) is 30.2. The van der Waals surface area contributed by atoms with Gasteiger partial charge in [0.25, 0.3) is 0 Å². The number of para-hydroxylation sites is 1. The summed E-state index contributed by atoms with van der Waals surface area (Å²) in [6.45, 7) is 5.38. The Kier molecular flexibility index (Phi) is 9.65. The number of benzene rings is 3. The second-order valence-corrected chi connectivity index (χ2v) is 10.5. The van der Waals surface area contributed by atoms with E-state index in [-0.39, 0.29) is 35.4 Å². The van der Waals surface area contributed by atoms with Crippen LogP contribution in [0.5, 0.6) is 11.8 Å². The van der Waals surface area contributed by atoms with E-state index in [1.165, 1.54) is 6.92 Å².